The van der Waals surface area contributed by atoms with Crippen LogP contribution in [0.4, 0.5) is 0 Å². The lowest BCUT2D eigenvalue weighted by Gasteiger charge is -2.11. The van der Waals surface area contributed by atoms with Crippen molar-refractivity contribution in [3.05, 3.63) is 23.3 Å². The van der Waals surface area contributed by atoms with Gasteiger partial charge in [-0.2, -0.15) is 0 Å². The van der Waals surface area contributed by atoms with Gasteiger partial charge in [0.15, 0.2) is 0 Å². The molecule has 136 valence electrons. The van der Waals surface area contributed by atoms with Gasteiger partial charge in [0, 0.05) is 11.1 Å². The molecular formula is C18H22O7. The van der Waals surface area contributed by atoms with Crippen molar-refractivity contribution >= 4 is 11.9 Å². The smallest absolute Gasteiger partial charge is 0.333 e. The van der Waals surface area contributed by atoms with Crippen LogP contribution in [0, 0.1) is 0 Å². The van der Waals surface area contributed by atoms with Crippen LogP contribution in [0.2, 0.25) is 0 Å². The fourth-order valence-corrected chi connectivity index (χ4v) is 3.24. The first-order valence-electron chi connectivity index (χ1n) is 8.85. The molecule has 2 heterocycles. The summed E-state index contributed by atoms with van der Waals surface area (Å²) in [4.78, 5) is 23.7. The highest BCUT2D eigenvalue weighted by molar-refractivity contribution is 5.89. The number of hydrogen-bond acceptors (Lipinski definition) is 7. The summed E-state index contributed by atoms with van der Waals surface area (Å²) in [7, 11) is 0. The van der Waals surface area contributed by atoms with Crippen LogP contribution >= 0.6 is 0 Å². The molecule has 2 aliphatic heterocycles. The van der Waals surface area contributed by atoms with Crippen LogP contribution in [-0.4, -0.2) is 62.8 Å². The van der Waals surface area contributed by atoms with Gasteiger partial charge in [0.25, 0.3) is 0 Å². The van der Waals surface area contributed by atoms with E-state index in [1.807, 2.05) is 12.2 Å². The lowest BCUT2D eigenvalue weighted by atomic mass is 10.00. The lowest BCUT2D eigenvalue weighted by Crippen LogP contribution is -2.18. The first kappa shape index (κ1) is 16.8. The van der Waals surface area contributed by atoms with Crippen LogP contribution < -0.4 is 0 Å². The maximum atomic E-state index is 11.9. The quantitative estimate of drug-likeness (QED) is 0.367. The van der Waals surface area contributed by atoms with Gasteiger partial charge in [0.1, 0.15) is 25.4 Å². The molecule has 25 heavy (non-hydrogen) atoms. The number of carbonyl (C=O) groups is 2. The van der Waals surface area contributed by atoms with Gasteiger partial charge in [-0.25, -0.2) is 9.59 Å². The molecule has 0 saturated carbocycles. The summed E-state index contributed by atoms with van der Waals surface area (Å²) in [5.41, 5.74) is 1.38. The zero-order chi connectivity index (χ0) is 17.2. The first-order valence-corrected chi connectivity index (χ1v) is 8.85. The van der Waals surface area contributed by atoms with Crippen molar-refractivity contribution in [3.63, 3.8) is 0 Å². The normalized spacial score (nSPS) is 31.8. The van der Waals surface area contributed by atoms with E-state index in [0.717, 1.165) is 12.8 Å². The molecule has 0 aromatic rings. The molecule has 0 spiro atoms. The maximum Gasteiger partial charge on any atom is 0.333 e. The van der Waals surface area contributed by atoms with Crippen molar-refractivity contribution in [1.82, 2.24) is 0 Å². The third-order valence-corrected chi connectivity index (χ3v) is 4.82. The van der Waals surface area contributed by atoms with Crippen molar-refractivity contribution < 1.29 is 33.3 Å². The number of epoxide rings is 2. The van der Waals surface area contributed by atoms with E-state index in [-0.39, 0.29) is 50.6 Å². The number of ether oxygens (including phenoxy) is 5. The summed E-state index contributed by atoms with van der Waals surface area (Å²) in [6, 6.07) is 0. The zero-order valence-corrected chi connectivity index (χ0v) is 14.0. The Labute approximate surface area is 145 Å². The Morgan fingerprint density at radius 1 is 0.840 bits per heavy atom. The van der Waals surface area contributed by atoms with E-state index in [1.54, 1.807) is 0 Å². The molecule has 7 heteroatoms. The number of fused-ring (bicyclic) bond motifs is 2. The third kappa shape index (κ3) is 4.29. The summed E-state index contributed by atoms with van der Waals surface area (Å²) in [6.07, 6.45) is 7.73. The molecule has 2 saturated heterocycles. The highest BCUT2D eigenvalue weighted by Crippen LogP contribution is 2.36. The second-order valence-corrected chi connectivity index (χ2v) is 6.62. The van der Waals surface area contributed by atoms with E-state index >= 15 is 0 Å². The largest absolute Gasteiger partial charge is 0.460 e. The fourth-order valence-electron chi connectivity index (χ4n) is 3.24. The Bertz CT molecular complexity index is 557. The Morgan fingerprint density at radius 3 is 1.76 bits per heavy atom. The molecule has 7 nitrogen and oxygen atoms in total. The van der Waals surface area contributed by atoms with Crippen molar-refractivity contribution in [2.24, 2.45) is 0 Å². The monoisotopic (exact) mass is 350 g/mol. The second-order valence-electron chi connectivity index (χ2n) is 6.62. The van der Waals surface area contributed by atoms with Crippen molar-refractivity contribution in [1.29, 1.82) is 0 Å². The Balaban J connectivity index is 1.04. The van der Waals surface area contributed by atoms with E-state index in [4.69, 9.17) is 23.7 Å². The van der Waals surface area contributed by atoms with Crippen molar-refractivity contribution in [2.75, 3.05) is 26.4 Å². The lowest BCUT2D eigenvalue weighted by molar-refractivity contribution is -0.142. The van der Waals surface area contributed by atoms with E-state index in [0.29, 0.717) is 36.2 Å². The molecule has 4 unspecified atom stereocenters. The number of esters is 2. The topological polar surface area (TPSA) is 86.9 Å². The van der Waals surface area contributed by atoms with Gasteiger partial charge >= 0.3 is 11.9 Å². The van der Waals surface area contributed by atoms with E-state index in [9.17, 15) is 9.59 Å². The SMILES string of the molecule is O=C(OCCOCCOC(=O)C1=CC2OC2CC1)C1=CC2OC2CC1. The average molecular weight is 350 g/mol. The molecule has 0 N–H and O–H groups in total. The Morgan fingerprint density at radius 2 is 1.32 bits per heavy atom. The maximum absolute atomic E-state index is 11.9. The van der Waals surface area contributed by atoms with Gasteiger partial charge in [-0.05, 0) is 37.8 Å². The molecule has 4 rings (SSSR count). The number of rotatable bonds is 8. The standard InChI is InChI=1S/C18H22O7/c19-17(11-1-3-13-15(9-11)24-13)22-7-5-21-6-8-23-18(20)12-2-4-14-16(10-12)25-14/h9-10,13-16H,1-8H2. The summed E-state index contributed by atoms with van der Waals surface area (Å²) in [5, 5.41) is 0. The highest BCUT2D eigenvalue weighted by Gasteiger charge is 2.41. The number of hydrogen-bond donors (Lipinski definition) is 0. The Hall–Kier alpha value is -1.70. The van der Waals surface area contributed by atoms with Gasteiger partial charge in [0.05, 0.1) is 25.4 Å². The zero-order valence-electron chi connectivity index (χ0n) is 14.0. The predicted molar refractivity (Wildman–Crippen MR) is 84.7 cm³/mol. The second kappa shape index (κ2) is 7.27. The van der Waals surface area contributed by atoms with Crippen LogP contribution in [0.5, 0.6) is 0 Å². The minimum Gasteiger partial charge on any atom is -0.460 e. The minimum absolute atomic E-state index is 0.110. The molecule has 4 atom stereocenters. The van der Waals surface area contributed by atoms with E-state index in [1.165, 1.54) is 0 Å². The minimum atomic E-state index is -0.297. The predicted octanol–water partition coefficient (Wildman–Crippen LogP) is 1.06. The summed E-state index contributed by atoms with van der Waals surface area (Å²) >= 11 is 0. The van der Waals surface area contributed by atoms with Crippen LogP contribution in [0.15, 0.2) is 23.3 Å². The van der Waals surface area contributed by atoms with Gasteiger partial charge in [-0.1, -0.05) is 0 Å². The molecule has 0 bridgehead atoms. The summed E-state index contributed by atoms with van der Waals surface area (Å²) in [6.45, 7) is 0.925. The van der Waals surface area contributed by atoms with Crippen molar-refractivity contribution in [3.8, 4) is 0 Å². The van der Waals surface area contributed by atoms with E-state index in [2.05, 4.69) is 0 Å². The summed E-state index contributed by atoms with van der Waals surface area (Å²) < 4.78 is 26.3. The van der Waals surface area contributed by atoms with Crippen LogP contribution in [0.25, 0.3) is 0 Å². The van der Waals surface area contributed by atoms with Crippen LogP contribution in [0.3, 0.4) is 0 Å². The molecule has 0 aromatic heterocycles. The van der Waals surface area contributed by atoms with E-state index < -0.39 is 0 Å². The molecule has 0 aromatic carbocycles. The fraction of sp³-hybridized carbons (Fsp3) is 0.667. The first-order chi connectivity index (χ1) is 12.2. The van der Waals surface area contributed by atoms with Gasteiger partial charge < -0.3 is 23.7 Å². The van der Waals surface area contributed by atoms with Crippen LogP contribution in [0.1, 0.15) is 25.7 Å². The van der Waals surface area contributed by atoms with Crippen molar-refractivity contribution in [2.45, 2.75) is 50.1 Å². The van der Waals surface area contributed by atoms with Gasteiger partial charge in [-0.15, -0.1) is 0 Å². The molecular weight excluding hydrogens is 328 g/mol. The average Bonchev–Trinajstić information content (AvgIpc) is 3.53. The molecule has 4 aliphatic rings. The molecule has 0 amide bonds. The van der Waals surface area contributed by atoms with Gasteiger partial charge in [-0.3, -0.25) is 0 Å². The Kier molecular flexibility index (Phi) is 4.87. The van der Waals surface area contributed by atoms with Gasteiger partial charge in [0.2, 0.25) is 0 Å². The highest BCUT2D eigenvalue weighted by atomic mass is 16.6. The third-order valence-electron chi connectivity index (χ3n) is 4.82. The molecule has 2 aliphatic carbocycles. The molecule has 0 radical (unpaired) electrons. The molecule has 2 fully saturated rings. The summed E-state index contributed by atoms with van der Waals surface area (Å²) in [5.74, 6) is -0.595. The van der Waals surface area contributed by atoms with Crippen LogP contribution in [-0.2, 0) is 33.3 Å². The number of carbonyl (C=O) groups excluding carboxylic acids is 2.